The second-order valence-corrected chi connectivity index (χ2v) is 5.35. The number of benzene rings is 1. The van der Waals surface area contributed by atoms with E-state index in [2.05, 4.69) is 60.1 Å². The molecular formula is C18H24N2. The molecule has 1 atom stereocenters. The van der Waals surface area contributed by atoms with Crippen LogP contribution in [0.2, 0.25) is 0 Å². The van der Waals surface area contributed by atoms with Crippen molar-refractivity contribution in [2.24, 2.45) is 0 Å². The number of hydrogen-bond donors (Lipinski definition) is 1. The number of fused-ring (bicyclic) bond motifs is 1. The molecular weight excluding hydrogens is 244 g/mol. The maximum atomic E-state index is 4.03. The molecule has 2 heteroatoms. The molecule has 2 nitrogen and oxygen atoms in total. The van der Waals surface area contributed by atoms with Crippen LogP contribution in [0.15, 0.2) is 54.6 Å². The molecule has 3 rings (SSSR count). The zero-order chi connectivity index (χ0) is 13.9. The van der Waals surface area contributed by atoms with Crippen LogP contribution < -0.4 is 5.32 Å². The summed E-state index contributed by atoms with van der Waals surface area (Å²) >= 11 is 0. The van der Waals surface area contributed by atoms with Crippen LogP contribution in [0.5, 0.6) is 0 Å². The molecule has 1 saturated heterocycles. The molecule has 0 amide bonds. The van der Waals surface area contributed by atoms with Crippen LogP contribution >= 0.6 is 0 Å². The number of piperazine rings is 1. The summed E-state index contributed by atoms with van der Waals surface area (Å²) in [5.74, 6) is 0. The van der Waals surface area contributed by atoms with E-state index in [4.69, 9.17) is 0 Å². The van der Waals surface area contributed by atoms with Gasteiger partial charge in [-0.3, -0.25) is 4.90 Å². The maximum absolute atomic E-state index is 4.03. The van der Waals surface area contributed by atoms with Crippen LogP contribution in [0.4, 0.5) is 0 Å². The molecule has 1 aromatic carbocycles. The highest BCUT2D eigenvalue weighted by Gasteiger charge is 2.33. The van der Waals surface area contributed by atoms with Gasteiger partial charge in [-0.25, -0.2) is 0 Å². The van der Waals surface area contributed by atoms with Gasteiger partial charge >= 0.3 is 0 Å². The van der Waals surface area contributed by atoms with Crippen LogP contribution in [-0.2, 0) is 0 Å². The standard InChI is InChI=1S/C18H22N2.H2/c1-3-7-16-14(4-2)15-8-5-6-9-17(15)18(16)20-12-10-19-11-13-20;/h3-9,18-19H,2,10-13H2,1H3;1H/b7-3-;. The Morgan fingerprint density at radius 2 is 2.05 bits per heavy atom. The summed E-state index contributed by atoms with van der Waals surface area (Å²) < 4.78 is 0. The molecule has 1 aliphatic carbocycles. The van der Waals surface area contributed by atoms with Gasteiger partial charge in [0.1, 0.15) is 0 Å². The van der Waals surface area contributed by atoms with E-state index in [9.17, 15) is 0 Å². The predicted molar refractivity (Wildman–Crippen MR) is 87.7 cm³/mol. The van der Waals surface area contributed by atoms with Gasteiger partial charge in [0, 0.05) is 27.6 Å². The van der Waals surface area contributed by atoms with Crippen LogP contribution in [0, 0.1) is 0 Å². The summed E-state index contributed by atoms with van der Waals surface area (Å²) in [6.45, 7) is 10.5. The van der Waals surface area contributed by atoms with Gasteiger partial charge < -0.3 is 5.32 Å². The topological polar surface area (TPSA) is 15.3 Å². The van der Waals surface area contributed by atoms with Crippen molar-refractivity contribution in [3.05, 3.63) is 65.8 Å². The summed E-state index contributed by atoms with van der Waals surface area (Å²) in [6, 6.07) is 9.14. The Balaban J connectivity index is 0.00000161. The van der Waals surface area contributed by atoms with Gasteiger partial charge in [-0.15, -0.1) is 0 Å². The Labute approximate surface area is 123 Å². The summed E-state index contributed by atoms with van der Waals surface area (Å²) in [5.41, 5.74) is 5.46. The van der Waals surface area contributed by atoms with E-state index in [-0.39, 0.29) is 1.43 Å². The number of allylic oxidation sites excluding steroid dienone is 3. The number of nitrogens with one attached hydrogen (secondary N) is 1. The van der Waals surface area contributed by atoms with E-state index in [1.807, 2.05) is 6.08 Å². The van der Waals surface area contributed by atoms with Gasteiger partial charge in [0.2, 0.25) is 0 Å². The molecule has 0 saturated carbocycles. The zero-order valence-corrected chi connectivity index (χ0v) is 12.1. The lowest BCUT2D eigenvalue weighted by atomic mass is 10.0. The van der Waals surface area contributed by atoms with Gasteiger partial charge in [0.05, 0.1) is 6.04 Å². The summed E-state index contributed by atoms with van der Waals surface area (Å²) in [4.78, 5) is 2.58. The van der Waals surface area contributed by atoms with Gasteiger partial charge in [-0.1, -0.05) is 49.1 Å². The van der Waals surface area contributed by atoms with E-state index in [0.29, 0.717) is 6.04 Å². The zero-order valence-electron chi connectivity index (χ0n) is 12.1. The van der Waals surface area contributed by atoms with Crippen molar-refractivity contribution in [1.82, 2.24) is 10.2 Å². The van der Waals surface area contributed by atoms with Gasteiger partial charge in [-0.05, 0) is 29.2 Å². The third kappa shape index (κ3) is 2.15. The molecule has 1 heterocycles. The van der Waals surface area contributed by atoms with Gasteiger partial charge in [0.25, 0.3) is 0 Å². The van der Waals surface area contributed by atoms with Crippen LogP contribution in [0.25, 0.3) is 5.57 Å². The Bertz CT molecular complexity index is 568. The molecule has 0 bridgehead atoms. The molecule has 2 aliphatic rings. The van der Waals surface area contributed by atoms with E-state index in [1.165, 1.54) is 22.3 Å². The van der Waals surface area contributed by atoms with Crippen LogP contribution in [0.1, 0.15) is 25.5 Å². The minimum Gasteiger partial charge on any atom is -0.314 e. The lowest BCUT2D eigenvalue weighted by Crippen LogP contribution is -2.45. The fraction of sp³-hybridized carbons (Fsp3) is 0.333. The highest BCUT2D eigenvalue weighted by Crippen LogP contribution is 2.44. The second kappa shape index (κ2) is 5.78. The predicted octanol–water partition coefficient (Wildman–Crippen LogP) is 3.41. The Hall–Kier alpha value is -1.64. The lowest BCUT2D eigenvalue weighted by Gasteiger charge is -2.34. The Morgan fingerprint density at radius 1 is 1.30 bits per heavy atom. The van der Waals surface area contributed by atoms with Crippen molar-refractivity contribution < 1.29 is 1.43 Å². The fourth-order valence-electron chi connectivity index (χ4n) is 3.37. The van der Waals surface area contributed by atoms with Crippen molar-refractivity contribution in [3.63, 3.8) is 0 Å². The molecule has 1 unspecified atom stereocenters. The van der Waals surface area contributed by atoms with Crippen LogP contribution in [-0.4, -0.2) is 31.1 Å². The highest BCUT2D eigenvalue weighted by atomic mass is 15.2. The Morgan fingerprint density at radius 3 is 2.75 bits per heavy atom. The maximum Gasteiger partial charge on any atom is 0.0614 e. The fourth-order valence-corrected chi connectivity index (χ4v) is 3.37. The Kier molecular flexibility index (Phi) is 3.86. The summed E-state index contributed by atoms with van der Waals surface area (Å²) in [6.07, 6.45) is 6.40. The normalized spacial score (nSPS) is 23.4. The van der Waals surface area contributed by atoms with E-state index in [0.717, 1.165) is 26.2 Å². The third-order valence-corrected chi connectivity index (χ3v) is 4.22. The van der Waals surface area contributed by atoms with E-state index < -0.39 is 0 Å². The average molecular weight is 268 g/mol. The third-order valence-electron chi connectivity index (χ3n) is 4.22. The van der Waals surface area contributed by atoms with E-state index in [1.54, 1.807) is 0 Å². The minimum absolute atomic E-state index is 0. The van der Waals surface area contributed by atoms with Crippen LogP contribution in [0.3, 0.4) is 0 Å². The summed E-state index contributed by atoms with van der Waals surface area (Å²) in [7, 11) is 0. The first kappa shape index (κ1) is 13.3. The lowest BCUT2D eigenvalue weighted by molar-refractivity contribution is 0.200. The molecule has 0 radical (unpaired) electrons. The first-order chi connectivity index (χ1) is 9.86. The number of hydrogen-bond acceptors (Lipinski definition) is 2. The molecule has 0 aromatic heterocycles. The SMILES string of the molecule is C=CC1=C(/C=C\C)C(N2CCNCC2)c2ccccc21.[HH]. The largest absolute Gasteiger partial charge is 0.314 e. The second-order valence-electron chi connectivity index (χ2n) is 5.35. The quantitative estimate of drug-likeness (QED) is 0.904. The molecule has 20 heavy (non-hydrogen) atoms. The number of nitrogens with zero attached hydrogens (tertiary/aromatic N) is 1. The molecule has 1 N–H and O–H groups in total. The average Bonchev–Trinajstić information content (AvgIpc) is 2.82. The van der Waals surface area contributed by atoms with Gasteiger partial charge in [-0.2, -0.15) is 0 Å². The first-order valence-electron chi connectivity index (χ1n) is 7.40. The minimum atomic E-state index is 0. The van der Waals surface area contributed by atoms with Gasteiger partial charge in [0.15, 0.2) is 0 Å². The van der Waals surface area contributed by atoms with Crippen molar-refractivity contribution in [2.75, 3.05) is 26.2 Å². The smallest absolute Gasteiger partial charge is 0.0614 e. The van der Waals surface area contributed by atoms with Crippen molar-refractivity contribution >= 4 is 5.57 Å². The summed E-state index contributed by atoms with van der Waals surface area (Å²) in [5, 5.41) is 3.44. The molecule has 106 valence electrons. The highest BCUT2D eigenvalue weighted by molar-refractivity contribution is 5.85. The van der Waals surface area contributed by atoms with Crippen molar-refractivity contribution in [1.29, 1.82) is 0 Å². The van der Waals surface area contributed by atoms with Crippen molar-refractivity contribution in [2.45, 2.75) is 13.0 Å². The molecule has 1 fully saturated rings. The molecule has 0 spiro atoms. The monoisotopic (exact) mass is 268 g/mol. The molecule has 1 aromatic rings. The van der Waals surface area contributed by atoms with Crippen molar-refractivity contribution in [3.8, 4) is 0 Å². The number of rotatable bonds is 3. The molecule has 1 aliphatic heterocycles. The first-order valence-corrected chi connectivity index (χ1v) is 7.40. The van der Waals surface area contributed by atoms with E-state index >= 15 is 0 Å².